The molecule has 0 aliphatic carbocycles. The molecule has 0 fully saturated rings. The second kappa shape index (κ2) is 4.28. The highest BCUT2D eigenvalue weighted by molar-refractivity contribution is 7.80. The van der Waals surface area contributed by atoms with Gasteiger partial charge in [-0.2, -0.15) is 5.10 Å². The predicted molar refractivity (Wildman–Crippen MR) is 52.8 cm³/mol. The maximum Gasteiger partial charge on any atom is 0.191 e. The van der Waals surface area contributed by atoms with Gasteiger partial charge in [0.05, 0.1) is 0 Å². The van der Waals surface area contributed by atoms with Gasteiger partial charge in [-0.05, 0) is 26.1 Å². The van der Waals surface area contributed by atoms with Gasteiger partial charge in [-0.3, -0.25) is 0 Å². The first-order valence-corrected chi connectivity index (χ1v) is 3.82. The summed E-state index contributed by atoms with van der Waals surface area (Å²) in [5, 5.41) is 6.56. The highest BCUT2D eigenvalue weighted by Crippen LogP contribution is 1.92. The van der Waals surface area contributed by atoms with E-state index in [4.69, 9.17) is 12.2 Å². The van der Waals surface area contributed by atoms with Crippen molar-refractivity contribution in [2.75, 3.05) is 21.1 Å². The third-order valence-electron chi connectivity index (χ3n) is 1.01. The van der Waals surface area contributed by atoms with Crippen LogP contribution in [0.4, 0.5) is 0 Å². The summed E-state index contributed by atoms with van der Waals surface area (Å²) in [7, 11) is 5.65. The Morgan fingerprint density at radius 2 is 1.64 bits per heavy atom. The van der Waals surface area contributed by atoms with Crippen molar-refractivity contribution in [1.29, 1.82) is 0 Å². The fraction of sp³-hybridized carbons (Fsp3) is 0.714. The Labute approximate surface area is 73.7 Å². The molecule has 0 saturated carbocycles. The quantitative estimate of drug-likeness (QED) is 0.337. The first kappa shape index (κ1) is 10.4. The molecule has 4 heteroatoms. The van der Waals surface area contributed by atoms with Gasteiger partial charge in [-0.25, -0.2) is 5.01 Å². The van der Waals surface area contributed by atoms with Gasteiger partial charge < -0.3 is 4.90 Å². The fourth-order valence-electron chi connectivity index (χ4n) is 0.632. The molecule has 0 heterocycles. The van der Waals surface area contributed by atoms with Gasteiger partial charge in [0.2, 0.25) is 0 Å². The summed E-state index contributed by atoms with van der Waals surface area (Å²) in [6.45, 7) is 3.88. The van der Waals surface area contributed by atoms with Crippen molar-refractivity contribution in [3.63, 3.8) is 0 Å². The Balaban J connectivity index is 4.15. The van der Waals surface area contributed by atoms with Crippen LogP contribution in [0.25, 0.3) is 0 Å². The third kappa shape index (κ3) is 3.93. The molecule has 3 nitrogen and oxygen atoms in total. The maximum absolute atomic E-state index is 5.06. The van der Waals surface area contributed by atoms with Crippen LogP contribution in [0.5, 0.6) is 0 Å². The summed E-state index contributed by atoms with van der Waals surface area (Å²) in [5.41, 5.74) is 0.997. The van der Waals surface area contributed by atoms with Crippen LogP contribution in [0.15, 0.2) is 5.10 Å². The average Bonchev–Trinajstić information content (AvgIpc) is 1.84. The summed E-state index contributed by atoms with van der Waals surface area (Å²) in [5.74, 6) is 0. The van der Waals surface area contributed by atoms with Gasteiger partial charge in [-0.15, -0.1) is 0 Å². The second-order valence-corrected chi connectivity index (χ2v) is 3.11. The maximum atomic E-state index is 5.06. The lowest BCUT2D eigenvalue weighted by atomic mass is 10.5. The van der Waals surface area contributed by atoms with Gasteiger partial charge in [-0.1, -0.05) is 0 Å². The average molecular weight is 173 g/mol. The molecule has 0 aliphatic rings. The Hall–Kier alpha value is -0.640. The second-order valence-electron chi connectivity index (χ2n) is 2.75. The first-order chi connectivity index (χ1) is 4.95. The van der Waals surface area contributed by atoms with Crippen LogP contribution in [0.2, 0.25) is 0 Å². The number of hydrogen-bond acceptors (Lipinski definition) is 2. The van der Waals surface area contributed by atoms with Crippen molar-refractivity contribution in [2.24, 2.45) is 5.10 Å². The number of rotatable bonds is 1. The molecular weight excluding hydrogens is 158 g/mol. The van der Waals surface area contributed by atoms with E-state index in [-0.39, 0.29) is 0 Å². The predicted octanol–water partition coefficient (Wildman–Crippen LogP) is 1.16. The molecule has 0 N–H and O–H groups in total. The highest BCUT2D eigenvalue weighted by atomic mass is 32.1. The minimum atomic E-state index is 0.714. The molecule has 0 aromatic rings. The van der Waals surface area contributed by atoms with E-state index in [2.05, 4.69) is 5.10 Å². The highest BCUT2D eigenvalue weighted by Gasteiger charge is 2.02. The number of hydrogen-bond donors (Lipinski definition) is 0. The lowest BCUT2D eigenvalue weighted by molar-refractivity contribution is 0.459. The summed E-state index contributed by atoms with van der Waals surface area (Å²) in [4.78, 5) is 1.85. The standard InChI is InChI=1S/C7H15N3S/c1-6(2)8-10(5)7(11)9(3)4/h1-5H3. The van der Waals surface area contributed by atoms with E-state index in [0.717, 1.165) is 5.71 Å². The minimum absolute atomic E-state index is 0.714. The Bertz CT molecular complexity index is 171. The molecule has 0 radical (unpaired) electrons. The summed E-state index contributed by atoms with van der Waals surface area (Å²) in [6, 6.07) is 0. The van der Waals surface area contributed by atoms with Crippen molar-refractivity contribution in [3.8, 4) is 0 Å². The molecule has 0 amide bonds. The van der Waals surface area contributed by atoms with Crippen molar-refractivity contribution in [3.05, 3.63) is 0 Å². The zero-order valence-electron chi connectivity index (χ0n) is 7.75. The third-order valence-corrected chi connectivity index (χ3v) is 1.64. The van der Waals surface area contributed by atoms with Crippen molar-refractivity contribution < 1.29 is 0 Å². The van der Waals surface area contributed by atoms with Crippen LogP contribution in [0.1, 0.15) is 13.8 Å². The van der Waals surface area contributed by atoms with Gasteiger partial charge in [0.15, 0.2) is 5.11 Å². The summed E-state index contributed by atoms with van der Waals surface area (Å²) < 4.78 is 0. The molecular formula is C7H15N3S. The number of hydrazone groups is 1. The van der Waals surface area contributed by atoms with Crippen LogP contribution in [-0.4, -0.2) is 41.9 Å². The molecule has 64 valence electrons. The van der Waals surface area contributed by atoms with Gasteiger partial charge in [0, 0.05) is 26.9 Å². The van der Waals surface area contributed by atoms with Gasteiger partial charge >= 0.3 is 0 Å². The zero-order chi connectivity index (χ0) is 9.02. The van der Waals surface area contributed by atoms with Crippen LogP contribution >= 0.6 is 12.2 Å². The molecule has 0 unspecified atom stereocenters. The van der Waals surface area contributed by atoms with E-state index in [9.17, 15) is 0 Å². The Morgan fingerprint density at radius 1 is 1.18 bits per heavy atom. The number of thiocarbonyl (C=S) groups is 1. The zero-order valence-corrected chi connectivity index (χ0v) is 8.57. The lowest BCUT2D eigenvalue weighted by Gasteiger charge is -2.20. The van der Waals surface area contributed by atoms with E-state index < -0.39 is 0 Å². The fourth-order valence-corrected chi connectivity index (χ4v) is 0.673. The molecule has 0 aromatic heterocycles. The summed E-state index contributed by atoms with van der Waals surface area (Å²) in [6.07, 6.45) is 0. The van der Waals surface area contributed by atoms with Crippen LogP contribution in [0, 0.1) is 0 Å². The van der Waals surface area contributed by atoms with E-state index >= 15 is 0 Å². The van der Waals surface area contributed by atoms with E-state index in [0.29, 0.717) is 5.11 Å². The van der Waals surface area contributed by atoms with Crippen LogP contribution in [0.3, 0.4) is 0 Å². The van der Waals surface area contributed by atoms with Crippen molar-refractivity contribution in [1.82, 2.24) is 9.91 Å². The van der Waals surface area contributed by atoms with E-state index in [1.54, 1.807) is 5.01 Å². The monoisotopic (exact) mass is 173 g/mol. The minimum Gasteiger partial charge on any atom is -0.354 e. The normalized spacial score (nSPS) is 8.82. The van der Waals surface area contributed by atoms with Gasteiger partial charge in [0.1, 0.15) is 0 Å². The van der Waals surface area contributed by atoms with Crippen molar-refractivity contribution in [2.45, 2.75) is 13.8 Å². The number of nitrogens with zero attached hydrogens (tertiary/aromatic N) is 3. The molecule has 0 saturated heterocycles. The topological polar surface area (TPSA) is 18.8 Å². The van der Waals surface area contributed by atoms with Crippen molar-refractivity contribution >= 4 is 23.0 Å². The summed E-state index contributed by atoms with van der Waals surface area (Å²) >= 11 is 5.06. The molecule has 0 atom stereocenters. The largest absolute Gasteiger partial charge is 0.354 e. The SMILES string of the molecule is CC(C)=NN(C)C(=S)N(C)C. The van der Waals surface area contributed by atoms with E-state index in [1.807, 2.05) is 39.9 Å². The molecule has 0 rings (SSSR count). The first-order valence-electron chi connectivity index (χ1n) is 3.42. The molecule has 0 aliphatic heterocycles. The molecule has 0 aromatic carbocycles. The Morgan fingerprint density at radius 3 is 1.91 bits per heavy atom. The molecule has 11 heavy (non-hydrogen) atoms. The van der Waals surface area contributed by atoms with E-state index in [1.165, 1.54) is 0 Å². The van der Waals surface area contributed by atoms with Crippen LogP contribution < -0.4 is 0 Å². The Kier molecular flexibility index (Phi) is 4.03. The van der Waals surface area contributed by atoms with Crippen LogP contribution in [-0.2, 0) is 0 Å². The molecule has 0 spiro atoms. The molecule has 0 bridgehead atoms. The lowest BCUT2D eigenvalue weighted by Crippen LogP contribution is -2.33. The smallest absolute Gasteiger partial charge is 0.191 e. The van der Waals surface area contributed by atoms with Gasteiger partial charge in [0.25, 0.3) is 0 Å².